The molecule has 0 radical (unpaired) electrons. The molecule has 4 heteroatoms. The van der Waals surface area contributed by atoms with E-state index in [-0.39, 0.29) is 0 Å². The van der Waals surface area contributed by atoms with Gasteiger partial charge in [0, 0.05) is 32.3 Å². The van der Waals surface area contributed by atoms with Gasteiger partial charge in [0.05, 0.1) is 22.8 Å². The Morgan fingerprint density at radius 3 is 0.841 bits per heavy atom. The van der Waals surface area contributed by atoms with Gasteiger partial charge in [-0.2, -0.15) is 0 Å². The van der Waals surface area contributed by atoms with Gasteiger partial charge in [-0.15, -0.1) is 0 Å². The molecule has 0 saturated carbocycles. The first kappa shape index (κ1) is 29.3. The zero-order chi connectivity index (χ0) is 30.5. The number of nitrogens with zero attached hydrogens (tertiary/aromatic N) is 2. The van der Waals surface area contributed by atoms with Gasteiger partial charge in [0.1, 0.15) is 0 Å². The maximum absolute atomic E-state index is 6.71. The summed E-state index contributed by atoms with van der Waals surface area (Å²) in [4.78, 5) is 10.5. The monoisotopic (exact) mass is 608 g/mol. The van der Waals surface area contributed by atoms with E-state index in [0.717, 1.165) is 67.3 Å². The lowest BCUT2D eigenvalue weighted by atomic mass is 9.95. The Morgan fingerprint density at radius 2 is 0.614 bits per heavy atom. The van der Waals surface area contributed by atoms with Gasteiger partial charge in [0.25, 0.3) is 0 Å². The fraction of sp³-hybridized carbons (Fsp3) is 0.0500. The average molecular weight is 610 g/mol. The fourth-order valence-electron chi connectivity index (χ4n) is 5.29. The lowest BCUT2D eigenvalue weighted by Gasteiger charge is -2.16. The van der Waals surface area contributed by atoms with Crippen LogP contribution in [0.1, 0.15) is 13.8 Å². The zero-order valence-electron chi connectivity index (χ0n) is 24.5. The second-order valence-electron chi connectivity index (χ2n) is 10.6. The van der Waals surface area contributed by atoms with Crippen LogP contribution in [0, 0.1) is 0 Å². The Kier molecular flexibility index (Phi) is 8.84. The molecule has 0 aromatic heterocycles. The molecule has 0 bridgehead atoms. The second kappa shape index (κ2) is 13.3. The molecule has 0 heterocycles. The summed E-state index contributed by atoms with van der Waals surface area (Å²) in [7, 11) is 0. The third-order valence-electron chi connectivity index (χ3n) is 7.57. The number of halogens is 2. The van der Waals surface area contributed by atoms with Crippen molar-refractivity contribution in [3.8, 4) is 44.5 Å². The normalized spacial score (nSPS) is 11.9. The molecule has 0 unspecified atom stereocenters. The lowest BCUT2D eigenvalue weighted by Crippen LogP contribution is -2.05. The Labute approximate surface area is 269 Å². The predicted molar refractivity (Wildman–Crippen MR) is 190 cm³/mol. The van der Waals surface area contributed by atoms with E-state index in [1.807, 2.05) is 111 Å². The van der Waals surface area contributed by atoms with Gasteiger partial charge < -0.3 is 0 Å². The van der Waals surface area contributed by atoms with Crippen LogP contribution in [-0.2, 0) is 0 Å². The molecule has 0 aliphatic heterocycles. The van der Waals surface area contributed by atoms with Crippen LogP contribution in [0.4, 0.5) is 11.4 Å². The van der Waals surface area contributed by atoms with Crippen molar-refractivity contribution < 1.29 is 0 Å². The summed E-state index contributed by atoms with van der Waals surface area (Å²) in [5.41, 5.74) is 11.3. The molecular weight excluding hydrogens is 579 g/mol. The summed E-state index contributed by atoms with van der Waals surface area (Å²) in [6, 6.07) is 48.9. The van der Waals surface area contributed by atoms with E-state index in [2.05, 4.69) is 48.5 Å². The van der Waals surface area contributed by atoms with Crippen molar-refractivity contribution in [3.05, 3.63) is 156 Å². The Bertz CT molecular complexity index is 1700. The minimum atomic E-state index is 0.658. The van der Waals surface area contributed by atoms with E-state index in [0.29, 0.717) is 10.0 Å². The SMILES string of the molecule is CC(=Nc1c(-c2ccccc2)cc(Cl)cc1-c1ccccc1)C(C)=Nc1c(-c2ccccc2)cc(Cl)cc1-c1ccccc1. The number of rotatable bonds is 7. The first-order valence-corrected chi connectivity index (χ1v) is 15.2. The minimum Gasteiger partial charge on any atom is -0.251 e. The maximum atomic E-state index is 6.71. The highest BCUT2D eigenvalue weighted by Crippen LogP contribution is 2.43. The number of benzene rings is 6. The molecule has 0 saturated heterocycles. The third-order valence-corrected chi connectivity index (χ3v) is 8.01. The smallest absolute Gasteiger partial charge is 0.0791 e. The second-order valence-corrected chi connectivity index (χ2v) is 11.4. The average Bonchev–Trinajstić information content (AvgIpc) is 3.07. The summed E-state index contributed by atoms with van der Waals surface area (Å²) in [6.07, 6.45) is 0. The lowest BCUT2D eigenvalue weighted by molar-refractivity contribution is 1.45. The van der Waals surface area contributed by atoms with Gasteiger partial charge in [-0.25, -0.2) is 0 Å². The number of hydrogen-bond donors (Lipinski definition) is 0. The molecule has 214 valence electrons. The summed E-state index contributed by atoms with van der Waals surface area (Å²) in [5, 5.41) is 1.32. The third kappa shape index (κ3) is 6.43. The molecule has 0 amide bonds. The van der Waals surface area contributed by atoms with Crippen molar-refractivity contribution >= 4 is 46.0 Å². The van der Waals surface area contributed by atoms with E-state index in [9.17, 15) is 0 Å². The van der Waals surface area contributed by atoms with Gasteiger partial charge in [-0.1, -0.05) is 145 Å². The molecule has 2 nitrogen and oxygen atoms in total. The molecule has 0 aliphatic rings. The van der Waals surface area contributed by atoms with Crippen LogP contribution in [0.5, 0.6) is 0 Å². The fourth-order valence-corrected chi connectivity index (χ4v) is 5.72. The summed E-state index contributed by atoms with van der Waals surface area (Å²) in [5.74, 6) is 0. The van der Waals surface area contributed by atoms with Crippen LogP contribution in [0.3, 0.4) is 0 Å². The molecule has 6 aromatic carbocycles. The van der Waals surface area contributed by atoms with E-state index < -0.39 is 0 Å². The number of aliphatic imine (C=N–C) groups is 2. The van der Waals surface area contributed by atoms with Gasteiger partial charge >= 0.3 is 0 Å². The molecule has 6 aromatic rings. The van der Waals surface area contributed by atoms with E-state index in [4.69, 9.17) is 33.2 Å². The summed E-state index contributed by atoms with van der Waals surface area (Å²) in [6.45, 7) is 4.02. The minimum absolute atomic E-state index is 0.658. The largest absolute Gasteiger partial charge is 0.251 e. The van der Waals surface area contributed by atoms with Crippen LogP contribution < -0.4 is 0 Å². The van der Waals surface area contributed by atoms with Crippen LogP contribution in [-0.4, -0.2) is 11.4 Å². The van der Waals surface area contributed by atoms with Crippen molar-refractivity contribution in [2.75, 3.05) is 0 Å². The molecule has 44 heavy (non-hydrogen) atoms. The standard InChI is InChI=1S/C40H30Cl2N2/c1-27(43-39-35(29-15-7-3-8-16-29)23-33(41)24-36(39)30-17-9-4-10-18-30)28(2)44-40-37(31-19-11-5-12-20-31)25-34(42)26-38(40)32-21-13-6-14-22-32/h3-26H,1-2H3. The van der Waals surface area contributed by atoms with Crippen molar-refractivity contribution in [1.82, 2.24) is 0 Å². The molecule has 0 N–H and O–H groups in total. The van der Waals surface area contributed by atoms with Crippen LogP contribution in [0.2, 0.25) is 10.0 Å². The van der Waals surface area contributed by atoms with E-state index >= 15 is 0 Å². The Balaban J connectivity index is 1.56. The van der Waals surface area contributed by atoms with Crippen LogP contribution >= 0.6 is 23.2 Å². The highest BCUT2D eigenvalue weighted by atomic mass is 35.5. The van der Waals surface area contributed by atoms with Crippen LogP contribution in [0.25, 0.3) is 44.5 Å². The van der Waals surface area contributed by atoms with Crippen molar-refractivity contribution in [1.29, 1.82) is 0 Å². The molecule has 0 aliphatic carbocycles. The van der Waals surface area contributed by atoms with Gasteiger partial charge in [0.2, 0.25) is 0 Å². The Hall–Kier alpha value is -4.76. The van der Waals surface area contributed by atoms with Crippen molar-refractivity contribution in [3.63, 3.8) is 0 Å². The van der Waals surface area contributed by atoms with Crippen LogP contribution in [0.15, 0.2) is 156 Å². The molecule has 0 atom stereocenters. The zero-order valence-corrected chi connectivity index (χ0v) is 26.0. The highest BCUT2D eigenvalue weighted by molar-refractivity contribution is 6.42. The molecule has 6 rings (SSSR count). The predicted octanol–water partition coefficient (Wildman–Crippen LogP) is 12.5. The molecule has 0 fully saturated rings. The summed E-state index contributed by atoms with van der Waals surface area (Å²) >= 11 is 13.4. The first-order valence-electron chi connectivity index (χ1n) is 14.5. The van der Waals surface area contributed by atoms with Crippen molar-refractivity contribution in [2.24, 2.45) is 9.98 Å². The van der Waals surface area contributed by atoms with E-state index in [1.165, 1.54) is 0 Å². The first-order chi connectivity index (χ1) is 21.5. The Morgan fingerprint density at radius 1 is 0.386 bits per heavy atom. The van der Waals surface area contributed by atoms with Gasteiger partial charge in [-0.05, 0) is 60.4 Å². The topological polar surface area (TPSA) is 24.7 Å². The van der Waals surface area contributed by atoms with Gasteiger partial charge in [-0.3, -0.25) is 9.98 Å². The summed E-state index contributed by atoms with van der Waals surface area (Å²) < 4.78 is 0. The molecule has 0 spiro atoms. The number of hydrogen-bond acceptors (Lipinski definition) is 2. The van der Waals surface area contributed by atoms with E-state index in [1.54, 1.807) is 0 Å². The van der Waals surface area contributed by atoms with Gasteiger partial charge in [0.15, 0.2) is 0 Å². The van der Waals surface area contributed by atoms with Crippen molar-refractivity contribution in [2.45, 2.75) is 13.8 Å². The maximum Gasteiger partial charge on any atom is 0.0791 e. The molecular formula is C40H30Cl2N2. The highest BCUT2D eigenvalue weighted by Gasteiger charge is 2.17. The quantitative estimate of drug-likeness (QED) is 0.161.